The second-order valence-corrected chi connectivity index (χ2v) is 6.02. The van der Waals surface area contributed by atoms with Crippen molar-refractivity contribution in [2.45, 2.75) is 25.8 Å². The van der Waals surface area contributed by atoms with Crippen LogP contribution in [-0.4, -0.2) is 30.0 Å². The number of nitrogens with zero attached hydrogens (tertiary/aromatic N) is 2. The lowest BCUT2D eigenvalue weighted by molar-refractivity contribution is -0.122. The second kappa shape index (κ2) is 4.67. The summed E-state index contributed by atoms with van der Waals surface area (Å²) in [4.78, 5) is 18.5. The molecule has 5 nitrogen and oxygen atoms in total. The summed E-state index contributed by atoms with van der Waals surface area (Å²) < 4.78 is 0.937. The van der Waals surface area contributed by atoms with Crippen LogP contribution in [0.1, 0.15) is 18.4 Å². The molecule has 3 heterocycles. The SMILES string of the molecule is Cc1c(N)cnc(N2CCCC3C(=O)NCC32)c1Br. The van der Waals surface area contributed by atoms with Gasteiger partial charge < -0.3 is 16.0 Å². The van der Waals surface area contributed by atoms with Crippen molar-refractivity contribution >= 4 is 33.3 Å². The molecule has 1 amide bonds. The molecule has 0 aromatic carbocycles. The standard InChI is InChI=1S/C13H17BrN4O/c1-7-9(15)5-16-12(11(7)14)18-4-2-3-8-10(18)6-17-13(8)19/h5,8,10H,2-4,6,15H2,1H3,(H,17,19). The highest BCUT2D eigenvalue weighted by atomic mass is 79.9. The number of hydrogen-bond donors (Lipinski definition) is 2. The first-order valence-corrected chi connectivity index (χ1v) is 7.34. The Hall–Kier alpha value is -1.30. The van der Waals surface area contributed by atoms with E-state index in [1.165, 1.54) is 0 Å². The number of amides is 1. The molecule has 6 heteroatoms. The molecule has 0 saturated carbocycles. The molecular formula is C13H17BrN4O. The molecule has 0 radical (unpaired) electrons. The van der Waals surface area contributed by atoms with Gasteiger partial charge in [-0.25, -0.2) is 4.98 Å². The molecule has 2 saturated heterocycles. The highest BCUT2D eigenvalue weighted by Crippen LogP contribution is 2.36. The van der Waals surface area contributed by atoms with Crippen molar-refractivity contribution in [3.63, 3.8) is 0 Å². The van der Waals surface area contributed by atoms with Gasteiger partial charge in [-0.05, 0) is 41.3 Å². The van der Waals surface area contributed by atoms with E-state index in [-0.39, 0.29) is 17.9 Å². The van der Waals surface area contributed by atoms with Gasteiger partial charge in [0, 0.05) is 13.1 Å². The highest BCUT2D eigenvalue weighted by Gasteiger charge is 2.41. The number of carbonyl (C=O) groups excluding carboxylic acids is 1. The summed E-state index contributed by atoms with van der Waals surface area (Å²) in [6.45, 7) is 3.62. The molecular weight excluding hydrogens is 308 g/mol. The molecule has 1 aromatic rings. The third kappa shape index (κ3) is 1.98. The average Bonchev–Trinajstić information content (AvgIpc) is 2.79. The van der Waals surface area contributed by atoms with E-state index in [2.05, 4.69) is 31.1 Å². The lowest BCUT2D eigenvalue weighted by atomic mass is 9.91. The Morgan fingerprint density at radius 3 is 3.16 bits per heavy atom. The highest BCUT2D eigenvalue weighted by molar-refractivity contribution is 9.10. The normalized spacial score (nSPS) is 26.2. The number of anilines is 2. The number of pyridine rings is 1. The molecule has 102 valence electrons. The molecule has 2 atom stereocenters. The van der Waals surface area contributed by atoms with Crippen LogP contribution in [0.25, 0.3) is 0 Å². The van der Waals surface area contributed by atoms with Crippen LogP contribution >= 0.6 is 15.9 Å². The number of piperidine rings is 1. The lowest BCUT2D eigenvalue weighted by Gasteiger charge is -2.37. The summed E-state index contributed by atoms with van der Waals surface area (Å²) in [7, 11) is 0. The summed E-state index contributed by atoms with van der Waals surface area (Å²) in [5.41, 5.74) is 7.56. The van der Waals surface area contributed by atoms with Crippen LogP contribution in [0.3, 0.4) is 0 Å². The van der Waals surface area contributed by atoms with Crippen molar-refractivity contribution in [2.24, 2.45) is 5.92 Å². The van der Waals surface area contributed by atoms with E-state index in [0.717, 1.165) is 35.2 Å². The van der Waals surface area contributed by atoms with E-state index < -0.39 is 0 Å². The summed E-state index contributed by atoms with van der Waals surface area (Å²) >= 11 is 3.59. The fourth-order valence-corrected chi connectivity index (χ4v) is 3.55. The summed E-state index contributed by atoms with van der Waals surface area (Å²) in [5, 5.41) is 2.96. The Labute approximate surface area is 120 Å². The number of nitrogens with one attached hydrogen (secondary N) is 1. The molecule has 0 aliphatic carbocycles. The molecule has 3 rings (SSSR count). The average molecular weight is 325 g/mol. The second-order valence-electron chi connectivity index (χ2n) is 5.23. The van der Waals surface area contributed by atoms with Gasteiger partial charge in [-0.2, -0.15) is 0 Å². The van der Waals surface area contributed by atoms with Crippen molar-refractivity contribution in [3.8, 4) is 0 Å². The summed E-state index contributed by atoms with van der Waals surface area (Å²) in [6, 6.07) is 0.216. The first kappa shape index (κ1) is 12.7. The first-order valence-electron chi connectivity index (χ1n) is 6.54. The van der Waals surface area contributed by atoms with Gasteiger partial charge in [-0.15, -0.1) is 0 Å². The Morgan fingerprint density at radius 2 is 2.37 bits per heavy atom. The zero-order valence-corrected chi connectivity index (χ0v) is 12.4. The Morgan fingerprint density at radius 1 is 1.58 bits per heavy atom. The van der Waals surface area contributed by atoms with Gasteiger partial charge in [0.1, 0.15) is 5.82 Å². The molecule has 2 aliphatic heterocycles. The number of nitrogen functional groups attached to an aromatic ring is 1. The summed E-state index contributed by atoms with van der Waals surface area (Å²) in [5.74, 6) is 1.18. The maximum absolute atomic E-state index is 11.8. The molecule has 0 bridgehead atoms. The van der Waals surface area contributed by atoms with Crippen LogP contribution in [0, 0.1) is 12.8 Å². The van der Waals surface area contributed by atoms with E-state index in [1.54, 1.807) is 6.20 Å². The monoisotopic (exact) mass is 324 g/mol. The van der Waals surface area contributed by atoms with Gasteiger partial charge in [-0.1, -0.05) is 0 Å². The van der Waals surface area contributed by atoms with Crippen molar-refractivity contribution in [3.05, 3.63) is 16.2 Å². The largest absolute Gasteiger partial charge is 0.397 e. The van der Waals surface area contributed by atoms with Crippen molar-refractivity contribution in [2.75, 3.05) is 23.7 Å². The van der Waals surface area contributed by atoms with Gasteiger partial charge >= 0.3 is 0 Å². The third-order valence-electron chi connectivity index (χ3n) is 4.16. The maximum Gasteiger partial charge on any atom is 0.225 e. The topological polar surface area (TPSA) is 71.2 Å². The van der Waals surface area contributed by atoms with E-state index in [9.17, 15) is 4.79 Å². The van der Waals surface area contributed by atoms with Crippen LogP contribution < -0.4 is 16.0 Å². The number of halogens is 1. The number of fused-ring (bicyclic) bond motifs is 1. The number of hydrogen-bond acceptors (Lipinski definition) is 4. The predicted octanol–water partition coefficient (Wildman–Crippen LogP) is 1.45. The molecule has 2 fully saturated rings. The van der Waals surface area contributed by atoms with Crippen LogP contribution in [0.15, 0.2) is 10.7 Å². The van der Waals surface area contributed by atoms with E-state index >= 15 is 0 Å². The fourth-order valence-electron chi connectivity index (χ4n) is 2.99. The van der Waals surface area contributed by atoms with E-state index in [4.69, 9.17) is 5.73 Å². The summed E-state index contributed by atoms with van der Waals surface area (Å²) in [6.07, 6.45) is 3.69. The molecule has 2 aliphatic rings. The van der Waals surface area contributed by atoms with Gasteiger partial charge in [0.2, 0.25) is 5.91 Å². The minimum atomic E-state index is 0.0975. The third-order valence-corrected chi connectivity index (χ3v) is 5.11. The van der Waals surface area contributed by atoms with Crippen molar-refractivity contribution < 1.29 is 4.79 Å². The smallest absolute Gasteiger partial charge is 0.225 e. The minimum Gasteiger partial charge on any atom is -0.397 e. The van der Waals surface area contributed by atoms with E-state index in [0.29, 0.717) is 12.2 Å². The molecule has 0 spiro atoms. The quantitative estimate of drug-likeness (QED) is 0.820. The van der Waals surface area contributed by atoms with Crippen LogP contribution in [0.4, 0.5) is 11.5 Å². The van der Waals surface area contributed by atoms with E-state index in [1.807, 2.05) is 6.92 Å². The Bertz CT molecular complexity index is 534. The fraction of sp³-hybridized carbons (Fsp3) is 0.538. The van der Waals surface area contributed by atoms with Gasteiger partial charge in [0.15, 0.2) is 0 Å². The van der Waals surface area contributed by atoms with Gasteiger partial charge in [-0.3, -0.25) is 4.79 Å². The van der Waals surface area contributed by atoms with Gasteiger partial charge in [0.05, 0.1) is 28.3 Å². The number of aromatic nitrogens is 1. The minimum absolute atomic E-state index is 0.0975. The Kier molecular flexibility index (Phi) is 3.12. The molecule has 19 heavy (non-hydrogen) atoms. The van der Waals surface area contributed by atoms with Crippen molar-refractivity contribution in [1.82, 2.24) is 10.3 Å². The molecule has 3 N–H and O–H groups in total. The van der Waals surface area contributed by atoms with Crippen LogP contribution in [-0.2, 0) is 4.79 Å². The lowest BCUT2D eigenvalue weighted by Crippen LogP contribution is -2.46. The Balaban J connectivity index is 1.98. The van der Waals surface area contributed by atoms with Crippen molar-refractivity contribution in [1.29, 1.82) is 0 Å². The van der Waals surface area contributed by atoms with Crippen LogP contribution in [0.2, 0.25) is 0 Å². The predicted molar refractivity (Wildman–Crippen MR) is 78.0 cm³/mol. The van der Waals surface area contributed by atoms with Gasteiger partial charge in [0.25, 0.3) is 0 Å². The number of rotatable bonds is 1. The van der Waals surface area contributed by atoms with Crippen LogP contribution in [0.5, 0.6) is 0 Å². The molecule has 1 aromatic heterocycles. The number of nitrogens with two attached hydrogens (primary N) is 1. The zero-order chi connectivity index (χ0) is 13.6. The first-order chi connectivity index (χ1) is 9.09. The maximum atomic E-state index is 11.8. The zero-order valence-electron chi connectivity index (χ0n) is 10.8. The molecule has 2 unspecified atom stereocenters. The number of carbonyl (C=O) groups is 1.